The fourth-order valence-corrected chi connectivity index (χ4v) is 0.854. The molecule has 0 aliphatic heterocycles. The molecular formula is C8H9FN2O3. The standard InChI is InChI=1S/C8H9FN2O3/c1-2-14-8(13)5-4-10-6(3-9)11-7(5)12/h4H,2-3H2,1H3,(H,10,11,12). The zero-order valence-electron chi connectivity index (χ0n) is 7.54. The highest BCUT2D eigenvalue weighted by Crippen LogP contribution is 1.94. The number of esters is 1. The lowest BCUT2D eigenvalue weighted by atomic mass is 10.3. The first kappa shape index (κ1) is 10.4. The third kappa shape index (κ3) is 2.15. The van der Waals surface area contributed by atoms with E-state index in [1.165, 1.54) is 0 Å². The van der Waals surface area contributed by atoms with Crippen LogP contribution in [-0.4, -0.2) is 22.5 Å². The smallest absolute Gasteiger partial charge is 0.345 e. The third-order valence-electron chi connectivity index (χ3n) is 1.47. The summed E-state index contributed by atoms with van der Waals surface area (Å²) in [5, 5.41) is 0. The molecule has 0 bridgehead atoms. The van der Waals surface area contributed by atoms with Crippen LogP contribution in [0.3, 0.4) is 0 Å². The van der Waals surface area contributed by atoms with Crippen molar-refractivity contribution in [2.45, 2.75) is 13.6 Å². The van der Waals surface area contributed by atoms with Crippen LogP contribution in [0.4, 0.5) is 4.39 Å². The van der Waals surface area contributed by atoms with Crippen LogP contribution in [-0.2, 0) is 11.4 Å². The lowest BCUT2D eigenvalue weighted by molar-refractivity contribution is 0.0523. The Labute approximate surface area is 78.9 Å². The summed E-state index contributed by atoms with van der Waals surface area (Å²) in [6, 6.07) is 0. The first-order valence-electron chi connectivity index (χ1n) is 4.00. The molecule has 14 heavy (non-hydrogen) atoms. The lowest BCUT2D eigenvalue weighted by Crippen LogP contribution is -2.21. The molecule has 0 saturated heterocycles. The minimum Gasteiger partial charge on any atom is -0.462 e. The zero-order chi connectivity index (χ0) is 10.6. The van der Waals surface area contributed by atoms with Crippen LogP contribution in [0.2, 0.25) is 0 Å². The number of ether oxygens (including phenoxy) is 1. The molecule has 0 amide bonds. The van der Waals surface area contributed by atoms with Crippen LogP contribution in [0.5, 0.6) is 0 Å². The molecule has 0 unspecified atom stereocenters. The van der Waals surface area contributed by atoms with Gasteiger partial charge in [-0.3, -0.25) is 4.79 Å². The number of carbonyl (C=O) groups is 1. The summed E-state index contributed by atoms with van der Waals surface area (Å²) in [4.78, 5) is 27.9. The van der Waals surface area contributed by atoms with E-state index in [4.69, 9.17) is 0 Å². The van der Waals surface area contributed by atoms with Crippen molar-refractivity contribution in [1.82, 2.24) is 9.97 Å². The monoisotopic (exact) mass is 200 g/mol. The Hall–Kier alpha value is -1.72. The summed E-state index contributed by atoms with van der Waals surface area (Å²) in [6.07, 6.45) is 1.01. The highest BCUT2D eigenvalue weighted by molar-refractivity contribution is 5.88. The van der Waals surface area contributed by atoms with E-state index < -0.39 is 18.2 Å². The van der Waals surface area contributed by atoms with Crippen LogP contribution >= 0.6 is 0 Å². The van der Waals surface area contributed by atoms with Crippen LogP contribution in [0.1, 0.15) is 23.1 Å². The van der Waals surface area contributed by atoms with Crippen molar-refractivity contribution >= 4 is 5.97 Å². The number of nitrogens with one attached hydrogen (secondary N) is 1. The van der Waals surface area contributed by atoms with Crippen LogP contribution in [0, 0.1) is 0 Å². The van der Waals surface area contributed by atoms with Crippen molar-refractivity contribution in [3.05, 3.63) is 27.9 Å². The molecule has 0 atom stereocenters. The summed E-state index contributed by atoms with van der Waals surface area (Å²) in [5.74, 6) is -0.866. The van der Waals surface area contributed by atoms with Crippen LogP contribution in [0.15, 0.2) is 11.0 Å². The highest BCUT2D eigenvalue weighted by Gasteiger charge is 2.12. The van der Waals surface area contributed by atoms with Gasteiger partial charge >= 0.3 is 5.97 Å². The van der Waals surface area contributed by atoms with Crippen LogP contribution in [0.25, 0.3) is 0 Å². The first-order valence-corrected chi connectivity index (χ1v) is 4.00. The van der Waals surface area contributed by atoms with Gasteiger partial charge in [-0.05, 0) is 6.92 Å². The Balaban J connectivity index is 3.00. The van der Waals surface area contributed by atoms with Gasteiger partial charge in [0.1, 0.15) is 18.1 Å². The largest absolute Gasteiger partial charge is 0.462 e. The van der Waals surface area contributed by atoms with Gasteiger partial charge in [-0.1, -0.05) is 0 Å². The molecule has 76 valence electrons. The molecule has 0 aromatic carbocycles. The molecule has 1 rings (SSSR count). The van der Waals surface area contributed by atoms with Gasteiger partial charge in [0, 0.05) is 6.20 Å². The minimum atomic E-state index is -0.877. The van der Waals surface area contributed by atoms with Gasteiger partial charge < -0.3 is 9.72 Å². The average molecular weight is 200 g/mol. The minimum absolute atomic E-state index is 0.108. The quantitative estimate of drug-likeness (QED) is 0.717. The summed E-state index contributed by atoms with van der Waals surface area (Å²) in [6.45, 7) is 0.914. The third-order valence-corrected chi connectivity index (χ3v) is 1.47. The molecule has 1 aromatic rings. The number of aromatic amines is 1. The first-order chi connectivity index (χ1) is 6.69. The second-order valence-electron chi connectivity index (χ2n) is 2.43. The maximum Gasteiger partial charge on any atom is 0.345 e. The molecule has 1 aromatic heterocycles. The van der Waals surface area contributed by atoms with Crippen molar-refractivity contribution in [1.29, 1.82) is 0 Å². The second-order valence-corrected chi connectivity index (χ2v) is 2.43. The van der Waals surface area contributed by atoms with E-state index in [0.717, 1.165) is 6.20 Å². The molecule has 0 fully saturated rings. The van der Waals surface area contributed by atoms with Gasteiger partial charge in [0.15, 0.2) is 0 Å². The molecule has 1 N–H and O–H groups in total. The summed E-state index contributed by atoms with van der Waals surface area (Å²) in [7, 11) is 0. The summed E-state index contributed by atoms with van der Waals surface area (Å²) < 4.78 is 16.6. The van der Waals surface area contributed by atoms with E-state index >= 15 is 0 Å². The van der Waals surface area contributed by atoms with E-state index in [9.17, 15) is 14.0 Å². The number of carbonyl (C=O) groups excluding carboxylic acids is 1. The van der Waals surface area contributed by atoms with E-state index in [1.54, 1.807) is 6.92 Å². The molecule has 0 radical (unpaired) electrons. The number of rotatable bonds is 3. The maximum atomic E-state index is 12.0. The Morgan fingerprint density at radius 1 is 1.71 bits per heavy atom. The molecular weight excluding hydrogens is 191 g/mol. The van der Waals surface area contributed by atoms with E-state index in [1.807, 2.05) is 0 Å². The Kier molecular flexibility index (Phi) is 3.33. The number of hydrogen-bond acceptors (Lipinski definition) is 4. The molecule has 6 heteroatoms. The van der Waals surface area contributed by atoms with Gasteiger partial charge in [0.25, 0.3) is 5.56 Å². The molecule has 0 spiro atoms. The molecule has 0 aliphatic rings. The number of aromatic nitrogens is 2. The van der Waals surface area contributed by atoms with Crippen molar-refractivity contribution in [3.63, 3.8) is 0 Å². The van der Waals surface area contributed by atoms with Crippen molar-refractivity contribution in [2.24, 2.45) is 0 Å². The Morgan fingerprint density at radius 2 is 2.43 bits per heavy atom. The van der Waals surface area contributed by atoms with Crippen molar-refractivity contribution < 1.29 is 13.9 Å². The predicted octanol–water partition coefficient (Wildman–Crippen LogP) is 0.416. The topological polar surface area (TPSA) is 72.0 Å². The molecule has 0 aliphatic carbocycles. The van der Waals surface area contributed by atoms with Gasteiger partial charge in [-0.15, -0.1) is 0 Å². The number of hydrogen-bond donors (Lipinski definition) is 1. The van der Waals surface area contributed by atoms with Crippen molar-refractivity contribution in [2.75, 3.05) is 6.61 Å². The second kappa shape index (κ2) is 4.50. The highest BCUT2D eigenvalue weighted by atomic mass is 19.1. The SMILES string of the molecule is CCOC(=O)c1cnc(CF)[nH]c1=O. The number of nitrogens with zero attached hydrogens (tertiary/aromatic N) is 1. The molecule has 5 nitrogen and oxygen atoms in total. The van der Waals surface area contributed by atoms with E-state index in [0.29, 0.717) is 0 Å². The molecule has 0 saturated carbocycles. The lowest BCUT2D eigenvalue weighted by Gasteiger charge is -2.00. The normalized spacial score (nSPS) is 9.86. The van der Waals surface area contributed by atoms with E-state index in [-0.39, 0.29) is 18.0 Å². The number of alkyl halides is 1. The summed E-state index contributed by atoms with van der Waals surface area (Å²) >= 11 is 0. The Bertz CT molecular complexity index is 388. The fourth-order valence-electron chi connectivity index (χ4n) is 0.854. The van der Waals surface area contributed by atoms with Gasteiger partial charge in [-0.2, -0.15) is 0 Å². The van der Waals surface area contributed by atoms with Gasteiger partial charge in [0.05, 0.1) is 6.61 Å². The average Bonchev–Trinajstić information content (AvgIpc) is 2.17. The number of halogens is 1. The van der Waals surface area contributed by atoms with Gasteiger partial charge in [0.2, 0.25) is 0 Å². The zero-order valence-corrected chi connectivity index (χ0v) is 7.54. The number of H-pyrrole nitrogens is 1. The summed E-state index contributed by atoms with van der Waals surface area (Å²) in [5.41, 5.74) is -0.907. The Morgan fingerprint density at radius 3 is 2.93 bits per heavy atom. The van der Waals surface area contributed by atoms with Crippen molar-refractivity contribution in [3.8, 4) is 0 Å². The predicted molar refractivity (Wildman–Crippen MR) is 45.6 cm³/mol. The van der Waals surface area contributed by atoms with E-state index in [2.05, 4.69) is 14.7 Å². The molecule has 1 heterocycles. The fraction of sp³-hybridized carbons (Fsp3) is 0.375. The maximum absolute atomic E-state index is 12.0. The van der Waals surface area contributed by atoms with Crippen LogP contribution < -0.4 is 5.56 Å². The van der Waals surface area contributed by atoms with Gasteiger partial charge in [-0.25, -0.2) is 14.2 Å².